The van der Waals surface area contributed by atoms with E-state index in [1.807, 2.05) is 32.6 Å². The summed E-state index contributed by atoms with van der Waals surface area (Å²) < 4.78 is 34.0. The SMILES string of the molecule is C=CC(=O)N1CCN2c3nc(=O)n(-c4c(C(C)C)ncnc4C(C)C)c4c(F)c(-c5c(O)cccc5F)c(Cl)c(c34)SCC2C1. The molecule has 0 saturated carbocycles. The molecule has 4 heterocycles. The molecule has 1 N–H and O–H groups in total. The number of anilines is 1. The molecule has 0 bridgehead atoms. The molecule has 9 nitrogen and oxygen atoms in total. The maximum Gasteiger partial charge on any atom is 0.354 e. The van der Waals surface area contributed by atoms with E-state index in [1.54, 1.807) is 4.90 Å². The Balaban J connectivity index is 1.78. The van der Waals surface area contributed by atoms with Crippen LogP contribution in [0.2, 0.25) is 5.02 Å². The van der Waals surface area contributed by atoms with Crippen LogP contribution in [-0.2, 0) is 4.79 Å². The molecule has 4 aromatic rings. The van der Waals surface area contributed by atoms with Gasteiger partial charge in [0.2, 0.25) is 5.91 Å². The number of halogens is 3. The van der Waals surface area contributed by atoms with Gasteiger partial charge in [-0.3, -0.25) is 9.36 Å². The Bertz CT molecular complexity index is 1900. The summed E-state index contributed by atoms with van der Waals surface area (Å²) >= 11 is 8.28. The fourth-order valence-corrected chi connectivity index (χ4v) is 7.80. The highest BCUT2D eigenvalue weighted by Crippen LogP contribution is 2.50. The third-order valence-electron chi connectivity index (χ3n) is 8.25. The van der Waals surface area contributed by atoms with Gasteiger partial charge in [0.1, 0.15) is 23.7 Å². The average molecular weight is 653 g/mol. The molecule has 45 heavy (non-hydrogen) atoms. The Hall–Kier alpha value is -4.03. The number of phenolic OH excluding ortho intramolecular Hbond substituents is 1. The molecule has 0 aliphatic carbocycles. The summed E-state index contributed by atoms with van der Waals surface area (Å²) in [5.41, 5.74) is -0.414. The first kappa shape index (κ1) is 31.0. The lowest BCUT2D eigenvalue weighted by Gasteiger charge is -2.41. The summed E-state index contributed by atoms with van der Waals surface area (Å²) in [6.07, 6.45) is 2.68. The molecule has 1 unspecified atom stereocenters. The summed E-state index contributed by atoms with van der Waals surface area (Å²) in [5.74, 6) is -2.34. The zero-order valence-corrected chi connectivity index (χ0v) is 26.7. The first-order chi connectivity index (χ1) is 21.5. The average Bonchev–Trinajstić information content (AvgIpc) is 3.16. The van der Waals surface area contributed by atoms with Crippen molar-refractivity contribution in [3.05, 3.63) is 75.7 Å². The van der Waals surface area contributed by atoms with E-state index in [-0.39, 0.29) is 51.1 Å². The number of piperazine rings is 1. The van der Waals surface area contributed by atoms with E-state index >= 15 is 8.78 Å². The molecular weight excluding hydrogens is 622 g/mol. The van der Waals surface area contributed by atoms with E-state index in [2.05, 4.69) is 21.5 Å². The summed E-state index contributed by atoms with van der Waals surface area (Å²) in [6, 6.07) is 3.36. The quantitative estimate of drug-likeness (QED) is 0.261. The van der Waals surface area contributed by atoms with Crippen LogP contribution in [0.1, 0.15) is 50.9 Å². The van der Waals surface area contributed by atoms with Gasteiger partial charge in [0.25, 0.3) is 0 Å². The molecule has 0 radical (unpaired) electrons. The molecule has 1 saturated heterocycles. The zero-order valence-electron chi connectivity index (χ0n) is 25.1. The number of rotatable bonds is 5. The lowest BCUT2D eigenvalue weighted by molar-refractivity contribution is -0.126. The number of aromatic hydroxyl groups is 1. The van der Waals surface area contributed by atoms with Crippen LogP contribution in [0.15, 0.2) is 46.9 Å². The lowest BCUT2D eigenvalue weighted by atomic mass is 9.98. The summed E-state index contributed by atoms with van der Waals surface area (Å²) in [5, 5.41) is 10.9. The largest absolute Gasteiger partial charge is 0.507 e. The smallest absolute Gasteiger partial charge is 0.354 e. The van der Waals surface area contributed by atoms with Crippen LogP contribution in [0.3, 0.4) is 0 Å². The molecule has 6 rings (SSSR count). The van der Waals surface area contributed by atoms with Crippen LogP contribution in [0.25, 0.3) is 27.7 Å². The Morgan fingerprint density at radius 1 is 1.13 bits per heavy atom. The maximum atomic E-state index is 17.4. The van der Waals surface area contributed by atoms with Crippen molar-refractivity contribution in [3.8, 4) is 22.6 Å². The van der Waals surface area contributed by atoms with Crippen molar-refractivity contribution in [2.45, 2.75) is 50.5 Å². The number of fused-ring (bicyclic) bond motifs is 2. The molecule has 234 valence electrons. The summed E-state index contributed by atoms with van der Waals surface area (Å²) in [4.78, 5) is 44.3. The van der Waals surface area contributed by atoms with Gasteiger partial charge in [-0.25, -0.2) is 23.5 Å². The van der Waals surface area contributed by atoms with Crippen LogP contribution in [0, 0.1) is 11.6 Å². The molecule has 2 aliphatic heterocycles. The third kappa shape index (κ3) is 4.94. The number of benzene rings is 2. The minimum Gasteiger partial charge on any atom is -0.507 e. The highest BCUT2D eigenvalue weighted by Gasteiger charge is 2.38. The molecule has 1 atom stereocenters. The third-order valence-corrected chi connectivity index (χ3v) is 9.99. The molecule has 0 spiro atoms. The van der Waals surface area contributed by atoms with Crippen LogP contribution in [0.4, 0.5) is 14.6 Å². The summed E-state index contributed by atoms with van der Waals surface area (Å²) in [6.45, 7) is 12.2. The van der Waals surface area contributed by atoms with Gasteiger partial charge in [-0.05, 0) is 30.0 Å². The number of amides is 1. The highest BCUT2D eigenvalue weighted by molar-refractivity contribution is 7.99. The van der Waals surface area contributed by atoms with Gasteiger partial charge in [-0.1, -0.05) is 51.9 Å². The maximum absolute atomic E-state index is 17.4. The molecule has 2 aromatic carbocycles. The molecule has 13 heteroatoms. The van der Waals surface area contributed by atoms with E-state index in [4.69, 9.17) is 11.6 Å². The van der Waals surface area contributed by atoms with Gasteiger partial charge in [0.05, 0.1) is 44.6 Å². The first-order valence-corrected chi connectivity index (χ1v) is 15.9. The fourth-order valence-electron chi connectivity index (χ4n) is 6.16. The van der Waals surface area contributed by atoms with Gasteiger partial charge in [0, 0.05) is 35.8 Å². The van der Waals surface area contributed by atoms with Crippen LogP contribution in [0.5, 0.6) is 5.75 Å². The van der Waals surface area contributed by atoms with Gasteiger partial charge >= 0.3 is 5.69 Å². The minimum absolute atomic E-state index is 0.116. The molecule has 1 fully saturated rings. The van der Waals surface area contributed by atoms with Crippen molar-refractivity contribution < 1.29 is 18.7 Å². The molecule has 2 aromatic heterocycles. The van der Waals surface area contributed by atoms with Gasteiger partial charge in [0.15, 0.2) is 5.82 Å². The second-order valence-electron chi connectivity index (χ2n) is 11.7. The highest BCUT2D eigenvalue weighted by atomic mass is 35.5. The number of thioether (sulfide) groups is 1. The second-order valence-corrected chi connectivity index (χ2v) is 13.1. The predicted molar refractivity (Wildman–Crippen MR) is 172 cm³/mol. The van der Waals surface area contributed by atoms with Gasteiger partial charge in [-0.15, -0.1) is 11.8 Å². The van der Waals surface area contributed by atoms with Crippen molar-refractivity contribution in [2.24, 2.45) is 0 Å². The van der Waals surface area contributed by atoms with Crippen molar-refractivity contribution in [3.63, 3.8) is 0 Å². The lowest BCUT2D eigenvalue weighted by Crippen LogP contribution is -2.56. The monoisotopic (exact) mass is 652 g/mol. The van der Waals surface area contributed by atoms with Crippen LogP contribution >= 0.6 is 23.4 Å². The van der Waals surface area contributed by atoms with Crippen molar-refractivity contribution in [2.75, 3.05) is 30.3 Å². The van der Waals surface area contributed by atoms with E-state index in [1.165, 1.54) is 40.9 Å². The molecule has 1 amide bonds. The van der Waals surface area contributed by atoms with Crippen LogP contribution < -0.4 is 10.6 Å². The van der Waals surface area contributed by atoms with Crippen molar-refractivity contribution in [1.82, 2.24) is 24.4 Å². The van der Waals surface area contributed by atoms with Crippen molar-refractivity contribution in [1.29, 1.82) is 0 Å². The molecular formula is C32H31ClF2N6O3S. The van der Waals surface area contributed by atoms with E-state index in [0.29, 0.717) is 47.4 Å². The number of carbonyl (C=O) groups is 1. The Morgan fingerprint density at radius 2 is 1.82 bits per heavy atom. The number of hydrogen-bond donors (Lipinski definition) is 1. The van der Waals surface area contributed by atoms with E-state index in [0.717, 1.165) is 6.07 Å². The van der Waals surface area contributed by atoms with Crippen LogP contribution in [-0.4, -0.2) is 66.9 Å². The fraction of sp³-hybridized carbons (Fsp3) is 0.344. The van der Waals surface area contributed by atoms with E-state index < -0.39 is 28.6 Å². The number of aromatic nitrogens is 4. The minimum atomic E-state index is -0.993. The van der Waals surface area contributed by atoms with Gasteiger partial charge < -0.3 is 14.9 Å². The number of phenols is 1. The zero-order chi connectivity index (χ0) is 32.3. The van der Waals surface area contributed by atoms with Gasteiger partial charge in [-0.2, -0.15) is 4.98 Å². The van der Waals surface area contributed by atoms with Crippen molar-refractivity contribution >= 4 is 46.0 Å². The van der Waals surface area contributed by atoms with E-state index in [9.17, 15) is 14.7 Å². The summed E-state index contributed by atoms with van der Waals surface area (Å²) in [7, 11) is 0. The number of nitrogens with zero attached hydrogens (tertiary/aromatic N) is 6. The first-order valence-electron chi connectivity index (χ1n) is 14.6. The Morgan fingerprint density at radius 3 is 2.44 bits per heavy atom. The predicted octanol–water partition coefficient (Wildman–Crippen LogP) is 6.04. The second kappa shape index (κ2) is 11.7. The number of carbonyl (C=O) groups excluding carboxylic acids is 1. The number of hydrogen-bond acceptors (Lipinski definition) is 8. The normalized spacial score (nSPS) is 16.3. The molecule has 2 aliphatic rings. The topological polar surface area (TPSA) is 104 Å². The standard InChI is InChI=1S/C32H31ClF2N6O3S/c1-6-20(43)39-10-11-40-17(12-39)13-45-30-23-28(25(35)22(24(30)33)21-18(34)8-7-9-19(21)42)41(32(44)38-31(23)40)29-26(15(2)3)36-14-37-27(29)16(4)5/h6-9,14-17,42H,1,10-13H2,2-5H3. The Labute approximate surface area is 267 Å². The Kier molecular flexibility index (Phi) is 8.07.